The summed E-state index contributed by atoms with van der Waals surface area (Å²) in [6, 6.07) is 0. The number of nitriles is 1. The van der Waals surface area contributed by atoms with Crippen molar-refractivity contribution in [3.8, 4) is 5.40 Å². The number of thiocyanates is 1. The van der Waals surface area contributed by atoms with Crippen LogP contribution in [0.1, 0.15) is 0 Å². The van der Waals surface area contributed by atoms with Crippen LogP contribution < -0.4 is 6.15 Å². The van der Waals surface area contributed by atoms with E-state index in [9.17, 15) is 0 Å². The zero-order chi connectivity index (χ0) is 2.71. The first-order valence-electron chi connectivity index (χ1n) is 0.447. The Labute approximate surface area is 30.4 Å². The monoisotopic (exact) mass is 76.0 g/mol. The normalized spacial score (nSPS) is 2.00. The molecule has 0 aliphatic heterocycles. The van der Waals surface area contributed by atoms with Crippen LogP contribution in [-0.2, 0) is 0 Å². The second-order valence-corrected chi connectivity index (χ2v) is 0.300. The standard InChI is InChI=1S/CHNS.H3N/c2-1-3;/h3H;1H3. The predicted molar refractivity (Wildman–Crippen MR) is 19.6 cm³/mol. The fourth-order valence-corrected chi connectivity index (χ4v) is 0. The summed E-state index contributed by atoms with van der Waals surface area (Å²) in [5.74, 6) is 0. The van der Waals surface area contributed by atoms with Gasteiger partial charge in [0.05, 0.1) is 0 Å². The molecule has 4 heavy (non-hydrogen) atoms. The Hall–Kier alpha value is -0.200. The van der Waals surface area contributed by atoms with Gasteiger partial charge in [-0.05, 0) is 0 Å². The van der Waals surface area contributed by atoms with Crippen LogP contribution in [0.4, 0.5) is 0 Å². The van der Waals surface area contributed by atoms with E-state index in [-0.39, 0.29) is 6.15 Å². The third kappa shape index (κ3) is 28.8. The number of rotatable bonds is 0. The third-order valence-electron chi connectivity index (χ3n) is 0. The van der Waals surface area contributed by atoms with Crippen molar-refractivity contribution in [2.45, 2.75) is 0 Å². The number of nitrogens with zero attached hydrogens (tertiary/aromatic N) is 1. The Morgan fingerprint density at radius 2 is 1.75 bits per heavy atom. The van der Waals surface area contributed by atoms with Gasteiger partial charge in [-0.1, -0.05) is 12.6 Å². The molecule has 0 atom stereocenters. The number of thiol groups is 1. The maximum atomic E-state index is 7.18. The minimum Gasteiger partial charge on any atom is -0.344 e. The predicted octanol–water partition coefficient (Wildman–Crippen LogP) is 0.559. The largest absolute Gasteiger partial charge is 0.344 e. The Morgan fingerprint density at radius 1 is 1.75 bits per heavy atom. The second kappa shape index (κ2) is 14.2. The smallest absolute Gasteiger partial charge is 0.130 e. The van der Waals surface area contributed by atoms with Gasteiger partial charge in [-0.15, -0.1) is 0 Å². The molecule has 0 heterocycles. The molecule has 0 bridgehead atoms. The van der Waals surface area contributed by atoms with Crippen LogP contribution in [0.2, 0.25) is 0 Å². The van der Waals surface area contributed by atoms with E-state index in [2.05, 4.69) is 12.6 Å². The topological polar surface area (TPSA) is 58.8 Å². The van der Waals surface area contributed by atoms with Gasteiger partial charge in [-0.2, -0.15) is 5.26 Å². The highest BCUT2D eigenvalue weighted by Crippen LogP contribution is 1.46. The first-order chi connectivity index (χ1) is 1.41. The molecule has 0 saturated carbocycles. The van der Waals surface area contributed by atoms with Crippen LogP contribution >= 0.6 is 12.6 Å². The molecule has 2 nitrogen and oxygen atoms in total. The van der Waals surface area contributed by atoms with Crippen LogP contribution in [0.25, 0.3) is 0 Å². The quantitative estimate of drug-likeness (QED) is 0.327. The Kier molecular flexibility index (Phi) is 32.6. The van der Waals surface area contributed by atoms with Gasteiger partial charge in [0.15, 0.2) is 0 Å². The lowest BCUT2D eigenvalue weighted by Gasteiger charge is -1.14. The molecular weight excluding hydrogens is 72.1 g/mol. The summed E-state index contributed by atoms with van der Waals surface area (Å²) in [5, 5.41) is 8.63. The average molecular weight is 76.1 g/mol. The van der Waals surface area contributed by atoms with Crippen molar-refractivity contribution >= 4 is 12.6 Å². The van der Waals surface area contributed by atoms with Gasteiger partial charge in [0, 0.05) is 0 Å². The van der Waals surface area contributed by atoms with Crippen molar-refractivity contribution in [1.29, 1.82) is 5.26 Å². The second-order valence-electron chi connectivity index (χ2n) is 0.100. The summed E-state index contributed by atoms with van der Waals surface area (Å²) < 4.78 is 0. The van der Waals surface area contributed by atoms with Crippen LogP contribution in [0.5, 0.6) is 0 Å². The highest BCUT2D eigenvalue weighted by molar-refractivity contribution is 7.85. The number of hydrogen-bond acceptors (Lipinski definition) is 3. The molecule has 0 spiro atoms. The molecule has 0 fully saturated rings. The SMILES string of the molecule is N.N#CS. The lowest BCUT2D eigenvalue weighted by Crippen LogP contribution is -0.961. The molecule has 24 valence electrons. The summed E-state index contributed by atoms with van der Waals surface area (Å²) in [7, 11) is 0. The summed E-state index contributed by atoms with van der Waals surface area (Å²) in [6.07, 6.45) is 0. The molecule has 0 aromatic carbocycles. The fraction of sp³-hybridized carbons (Fsp3) is 0. The van der Waals surface area contributed by atoms with Crippen LogP contribution in [0, 0.1) is 10.7 Å². The van der Waals surface area contributed by atoms with E-state index in [1.807, 2.05) is 0 Å². The first kappa shape index (κ1) is 9.20. The third-order valence-corrected chi connectivity index (χ3v) is 0. The van der Waals surface area contributed by atoms with E-state index >= 15 is 0 Å². The van der Waals surface area contributed by atoms with Gasteiger partial charge in [0.25, 0.3) is 0 Å². The molecule has 0 amide bonds. The van der Waals surface area contributed by atoms with Gasteiger partial charge in [0.1, 0.15) is 5.40 Å². The van der Waals surface area contributed by atoms with Crippen molar-refractivity contribution in [2.75, 3.05) is 0 Å². The minimum atomic E-state index is 0. The summed E-state index contributed by atoms with van der Waals surface area (Å²) in [5.41, 5.74) is 0. The van der Waals surface area contributed by atoms with Crippen molar-refractivity contribution in [3.05, 3.63) is 0 Å². The summed E-state index contributed by atoms with van der Waals surface area (Å²) in [4.78, 5) is 0. The van der Waals surface area contributed by atoms with E-state index in [1.54, 1.807) is 0 Å². The molecule has 0 rings (SSSR count). The Bertz CT molecular complexity index is 27.5. The molecule has 0 radical (unpaired) electrons. The highest BCUT2D eigenvalue weighted by Gasteiger charge is 1.18. The molecule has 3 N–H and O–H groups in total. The van der Waals surface area contributed by atoms with E-state index in [1.165, 1.54) is 5.40 Å². The van der Waals surface area contributed by atoms with Gasteiger partial charge in [0.2, 0.25) is 0 Å². The zero-order valence-corrected chi connectivity index (χ0v) is 3.00. The lowest BCUT2D eigenvalue weighted by molar-refractivity contribution is 1.57. The molecule has 0 aromatic rings. The first-order valence-corrected chi connectivity index (χ1v) is 0.894. The maximum Gasteiger partial charge on any atom is 0.130 e. The average Bonchev–Trinajstić information content (AvgIpc) is 0.918. The fourth-order valence-electron chi connectivity index (χ4n) is 0. The van der Waals surface area contributed by atoms with Gasteiger partial charge < -0.3 is 6.15 Å². The van der Waals surface area contributed by atoms with E-state index in [0.29, 0.717) is 0 Å². The molecule has 0 unspecified atom stereocenters. The lowest BCUT2D eigenvalue weighted by atomic mass is 11.8. The summed E-state index contributed by atoms with van der Waals surface area (Å²) in [6.45, 7) is 0. The van der Waals surface area contributed by atoms with Gasteiger partial charge in [-0.25, -0.2) is 0 Å². The molecule has 0 saturated heterocycles. The van der Waals surface area contributed by atoms with Crippen molar-refractivity contribution in [3.63, 3.8) is 0 Å². The van der Waals surface area contributed by atoms with Crippen LogP contribution in [0.15, 0.2) is 0 Å². The Balaban J connectivity index is 0. The number of hydrogen-bond donors (Lipinski definition) is 2. The zero-order valence-electron chi connectivity index (χ0n) is 2.10. The molecular formula is CH4N2S. The van der Waals surface area contributed by atoms with E-state index in [0.717, 1.165) is 0 Å². The van der Waals surface area contributed by atoms with Crippen molar-refractivity contribution in [1.82, 2.24) is 6.15 Å². The van der Waals surface area contributed by atoms with E-state index in [4.69, 9.17) is 5.26 Å². The van der Waals surface area contributed by atoms with Crippen LogP contribution in [-0.4, -0.2) is 0 Å². The van der Waals surface area contributed by atoms with Gasteiger partial charge in [-0.3, -0.25) is 0 Å². The molecule has 3 heteroatoms. The maximum absolute atomic E-state index is 7.18. The van der Waals surface area contributed by atoms with E-state index < -0.39 is 0 Å². The van der Waals surface area contributed by atoms with Gasteiger partial charge >= 0.3 is 0 Å². The molecule has 0 aromatic heterocycles. The highest BCUT2D eigenvalue weighted by atomic mass is 32.1. The van der Waals surface area contributed by atoms with Crippen molar-refractivity contribution < 1.29 is 0 Å². The molecule has 0 aliphatic rings. The Morgan fingerprint density at radius 3 is 1.75 bits per heavy atom. The van der Waals surface area contributed by atoms with Crippen molar-refractivity contribution in [2.24, 2.45) is 0 Å². The molecule has 0 aliphatic carbocycles. The van der Waals surface area contributed by atoms with Crippen LogP contribution in [0.3, 0.4) is 0 Å². The minimum absolute atomic E-state index is 0. The summed E-state index contributed by atoms with van der Waals surface area (Å²) >= 11 is 3.09.